The molecule has 5 nitrogen and oxygen atoms in total. The molecule has 2 heterocycles. The molecule has 5 rings (SSSR count). The topological polar surface area (TPSA) is 69.6 Å². The third kappa shape index (κ3) is 2.74. The summed E-state index contributed by atoms with van der Waals surface area (Å²) in [4.78, 5) is 0.384. The Morgan fingerprint density at radius 2 is 1.82 bits per heavy atom. The molecule has 28 heavy (non-hydrogen) atoms. The van der Waals surface area contributed by atoms with Gasteiger partial charge >= 0.3 is 0 Å². The molecule has 0 aromatic heterocycles. The predicted octanol–water partition coefficient (Wildman–Crippen LogP) is 4.00. The van der Waals surface area contributed by atoms with Crippen molar-refractivity contribution in [1.82, 2.24) is 4.31 Å². The lowest BCUT2D eigenvalue weighted by Crippen LogP contribution is -2.30. The Morgan fingerprint density at radius 1 is 1.04 bits per heavy atom. The summed E-state index contributed by atoms with van der Waals surface area (Å²) in [5.74, 6) is 0.697. The second-order valence-corrected chi connectivity index (χ2v) is 9.83. The van der Waals surface area contributed by atoms with Crippen LogP contribution in [0.25, 0.3) is 0 Å². The number of nitrogens with one attached hydrogen (secondary N) is 1. The summed E-state index contributed by atoms with van der Waals surface area (Å²) in [6, 6.07) is 12.9. The molecule has 1 fully saturated rings. The van der Waals surface area contributed by atoms with E-state index in [4.69, 9.17) is 0 Å². The largest absolute Gasteiger partial charge is 0.508 e. The number of hydrogen-bond acceptors (Lipinski definition) is 4. The highest BCUT2D eigenvalue weighted by Crippen LogP contribution is 2.51. The van der Waals surface area contributed by atoms with Crippen LogP contribution in [0.5, 0.6) is 5.75 Å². The van der Waals surface area contributed by atoms with Crippen LogP contribution in [0.15, 0.2) is 59.5 Å². The second-order valence-electron chi connectivity index (χ2n) is 7.89. The zero-order valence-corrected chi connectivity index (χ0v) is 16.4. The molecule has 3 atom stereocenters. The number of aromatic hydroxyl groups is 1. The smallest absolute Gasteiger partial charge is 0.243 e. The molecule has 3 unspecified atom stereocenters. The molecule has 0 spiro atoms. The van der Waals surface area contributed by atoms with Crippen LogP contribution < -0.4 is 5.32 Å². The lowest BCUT2D eigenvalue weighted by atomic mass is 9.77. The molecule has 2 aromatic carbocycles. The molecule has 6 heteroatoms. The maximum absolute atomic E-state index is 13.0. The Balaban J connectivity index is 1.55. The highest BCUT2D eigenvalue weighted by molar-refractivity contribution is 7.89. The number of anilines is 1. The van der Waals surface area contributed by atoms with Gasteiger partial charge in [-0.05, 0) is 55.0 Å². The number of benzene rings is 2. The van der Waals surface area contributed by atoms with Gasteiger partial charge in [-0.2, -0.15) is 4.31 Å². The van der Waals surface area contributed by atoms with Gasteiger partial charge in [-0.1, -0.05) is 30.4 Å². The first-order valence-electron chi connectivity index (χ1n) is 9.91. The van der Waals surface area contributed by atoms with E-state index in [0.717, 1.165) is 36.1 Å². The minimum Gasteiger partial charge on any atom is -0.508 e. The Kier molecular flexibility index (Phi) is 4.21. The van der Waals surface area contributed by atoms with Crippen molar-refractivity contribution in [3.8, 4) is 5.75 Å². The lowest BCUT2D eigenvalue weighted by Gasteiger charge is -2.38. The van der Waals surface area contributed by atoms with Crippen LogP contribution in [0, 0.1) is 5.92 Å². The summed E-state index contributed by atoms with van der Waals surface area (Å²) < 4.78 is 27.6. The SMILES string of the molecule is O=S(=O)(c1ccc2c(c1)C1C=CCC1C(c1ccccc1O)N2)N1CCCC1. The summed E-state index contributed by atoms with van der Waals surface area (Å²) >= 11 is 0. The first-order chi connectivity index (χ1) is 13.6. The van der Waals surface area contributed by atoms with Gasteiger partial charge in [0.05, 0.1) is 10.9 Å². The van der Waals surface area contributed by atoms with E-state index >= 15 is 0 Å². The highest BCUT2D eigenvalue weighted by atomic mass is 32.2. The van der Waals surface area contributed by atoms with Gasteiger partial charge in [-0.15, -0.1) is 0 Å². The van der Waals surface area contributed by atoms with Gasteiger partial charge < -0.3 is 10.4 Å². The van der Waals surface area contributed by atoms with Crippen molar-refractivity contribution in [2.45, 2.75) is 36.1 Å². The van der Waals surface area contributed by atoms with Crippen LogP contribution in [0.3, 0.4) is 0 Å². The summed E-state index contributed by atoms with van der Waals surface area (Å²) in [6.45, 7) is 1.22. The standard InChI is InChI=1S/C22H24N2O3S/c25-21-9-2-1-6-18(21)22-17-8-5-7-16(17)19-14-15(10-11-20(19)23-22)28(26,27)24-12-3-4-13-24/h1-2,5-7,9-11,14,16-17,22-23,25H,3-4,8,12-13H2. The number of sulfonamides is 1. The molecule has 1 saturated heterocycles. The molecule has 0 saturated carbocycles. The number of hydrogen-bond donors (Lipinski definition) is 2. The minimum atomic E-state index is -3.43. The van der Waals surface area contributed by atoms with Crippen LogP contribution in [-0.2, 0) is 10.0 Å². The zero-order valence-electron chi connectivity index (χ0n) is 15.6. The summed E-state index contributed by atoms with van der Waals surface area (Å²) in [5, 5.41) is 13.9. The second kappa shape index (κ2) is 6.64. The number of allylic oxidation sites excluding steroid dienone is 2. The van der Waals surface area contributed by atoms with Gasteiger partial charge in [0.1, 0.15) is 5.75 Å². The number of para-hydroxylation sites is 1. The maximum Gasteiger partial charge on any atom is 0.243 e. The first-order valence-corrected chi connectivity index (χ1v) is 11.3. The van der Waals surface area contributed by atoms with Crippen molar-refractivity contribution >= 4 is 15.7 Å². The van der Waals surface area contributed by atoms with Crippen LogP contribution >= 0.6 is 0 Å². The van der Waals surface area contributed by atoms with Crippen molar-refractivity contribution in [3.63, 3.8) is 0 Å². The van der Waals surface area contributed by atoms with Crippen LogP contribution in [0.1, 0.15) is 42.3 Å². The van der Waals surface area contributed by atoms with E-state index in [2.05, 4.69) is 17.5 Å². The third-order valence-electron chi connectivity index (χ3n) is 6.31. The molecular formula is C22H24N2O3S. The van der Waals surface area contributed by atoms with E-state index in [1.807, 2.05) is 30.3 Å². The van der Waals surface area contributed by atoms with Crippen LogP contribution in [-0.4, -0.2) is 30.9 Å². The van der Waals surface area contributed by atoms with E-state index in [1.54, 1.807) is 16.4 Å². The predicted molar refractivity (Wildman–Crippen MR) is 109 cm³/mol. The van der Waals surface area contributed by atoms with E-state index < -0.39 is 10.0 Å². The molecule has 0 radical (unpaired) electrons. The van der Waals surface area contributed by atoms with Crippen LogP contribution in [0.4, 0.5) is 5.69 Å². The van der Waals surface area contributed by atoms with E-state index in [0.29, 0.717) is 23.7 Å². The normalized spacial score (nSPS) is 26.6. The quantitative estimate of drug-likeness (QED) is 0.770. The Hall–Kier alpha value is -2.31. The lowest BCUT2D eigenvalue weighted by molar-refractivity contribution is 0.402. The monoisotopic (exact) mass is 396 g/mol. The minimum absolute atomic E-state index is 0.00487. The summed E-state index contributed by atoms with van der Waals surface area (Å²) in [5.41, 5.74) is 2.87. The molecule has 3 aliphatic rings. The van der Waals surface area contributed by atoms with Crippen molar-refractivity contribution in [2.75, 3.05) is 18.4 Å². The first kappa shape index (κ1) is 17.8. The number of fused-ring (bicyclic) bond motifs is 3. The van der Waals surface area contributed by atoms with Crippen molar-refractivity contribution in [3.05, 3.63) is 65.7 Å². The average molecular weight is 397 g/mol. The van der Waals surface area contributed by atoms with E-state index in [9.17, 15) is 13.5 Å². The van der Waals surface area contributed by atoms with Crippen LogP contribution in [0.2, 0.25) is 0 Å². The number of rotatable bonds is 3. The van der Waals surface area contributed by atoms with Gasteiger partial charge in [0.15, 0.2) is 0 Å². The molecule has 2 aromatic rings. The van der Waals surface area contributed by atoms with Crippen molar-refractivity contribution in [1.29, 1.82) is 0 Å². The van der Waals surface area contributed by atoms with E-state index in [1.165, 1.54) is 0 Å². The number of phenols is 1. The zero-order chi connectivity index (χ0) is 19.3. The molecular weight excluding hydrogens is 372 g/mol. The third-order valence-corrected chi connectivity index (χ3v) is 8.20. The molecule has 1 aliphatic carbocycles. The van der Waals surface area contributed by atoms with Gasteiger partial charge in [0.2, 0.25) is 10.0 Å². The summed E-state index contributed by atoms with van der Waals surface area (Å²) in [6.07, 6.45) is 7.12. The van der Waals surface area contributed by atoms with Crippen molar-refractivity contribution in [2.24, 2.45) is 5.92 Å². The molecule has 0 amide bonds. The highest BCUT2D eigenvalue weighted by Gasteiger charge is 2.39. The van der Waals surface area contributed by atoms with Gasteiger partial charge in [0, 0.05) is 30.3 Å². The maximum atomic E-state index is 13.0. The fraction of sp³-hybridized carbons (Fsp3) is 0.364. The molecule has 2 aliphatic heterocycles. The molecule has 146 valence electrons. The Labute approximate surface area is 165 Å². The average Bonchev–Trinajstić information content (AvgIpc) is 3.40. The molecule has 0 bridgehead atoms. The molecule has 2 N–H and O–H groups in total. The number of nitrogens with zero attached hydrogens (tertiary/aromatic N) is 1. The fourth-order valence-electron chi connectivity index (χ4n) is 4.87. The Morgan fingerprint density at radius 3 is 2.61 bits per heavy atom. The Bertz CT molecular complexity index is 1040. The van der Waals surface area contributed by atoms with Crippen molar-refractivity contribution < 1.29 is 13.5 Å². The van der Waals surface area contributed by atoms with Gasteiger partial charge in [-0.25, -0.2) is 8.42 Å². The number of phenolic OH excluding ortho intramolecular Hbond substituents is 1. The fourth-order valence-corrected chi connectivity index (χ4v) is 6.42. The summed E-state index contributed by atoms with van der Waals surface area (Å²) in [7, 11) is -3.43. The van der Waals surface area contributed by atoms with Gasteiger partial charge in [-0.3, -0.25) is 0 Å². The van der Waals surface area contributed by atoms with Gasteiger partial charge in [0.25, 0.3) is 0 Å². The van der Waals surface area contributed by atoms with E-state index in [-0.39, 0.29) is 17.9 Å².